The lowest BCUT2D eigenvalue weighted by Gasteiger charge is -2.02. The van der Waals surface area contributed by atoms with Crippen LogP contribution in [0.4, 0.5) is 0 Å². The van der Waals surface area contributed by atoms with Gasteiger partial charge in [-0.25, -0.2) is 5.43 Å². The number of amides is 1. The molecule has 0 heterocycles. The second-order valence-electron chi connectivity index (χ2n) is 3.27. The molecule has 0 saturated heterocycles. The summed E-state index contributed by atoms with van der Waals surface area (Å²) >= 11 is 11.5. The van der Waals surface area contributed by atoms with E-state index in [-0.39, 0.29) is 5.91 Å². The van der Waals surface area contributed by atoms with Gasteiger partial charge in [-0.2, -0.15) is 5.10 Å². The van der Waals surface area contributed by atoms with Crippen molar-refractivity contribution in [3.8, 4) is 0 Å². The maximum Gasteiger partial charge on any atom is 0.271 e. The smallest absolute Gasteiger partial charge is 0.267 e. The van der Waals surface area contributed by atoms with Crippen LogP contribution in [0.1, 0.15) is 30.6 Å². The Kier molecular flexibility index (Phi) is 4.77. The molecular weight excluding hydrogens is 247 g/mol. The Morgan fingerprint density at radius 1 is 1.38 bits per heavy atom. The maximum absolute atomic E-state index is 11.6. The average Bonchev–Trinajstić information content (AvgIpc) is 2.29. The molecule has 0 bridgehead atoms. The normalized spacial score (nSPS) is 11.4. The van der Waals surface area contributed by atoms with Crippen LogP contribution >= 0.6 is 23.2 Å². The Hall–Kier alpha value is -1.06. The van der Waals surface area contributed by atoms with E-state index < -0.39 is 0 Å². The van der Waals surface area contributed by atoms with Crippen LogP contribution in [0.15, 0.2) is 23.3 Å². The number of nitrogens with one attached hydrogen (secondary N) is 1. The van der Waals surface area contributed by atoms with E-state index >= 15 is 0 Å². The van der Waals surface area contributed by atoms with Crippen molar-refractivity contribution in [1.82, 2.24) is 5.43 Å². The summed E-state index contributed by atoms with van der Waals surface area (Å²) in [7, 11) is 0. The predicted molar refractivity (Wildman–Crippen MR) is 67.3 cm³/mol. The molecule has 16 heavy (non-hydrogen) atoms. The Balaban J connectivity index is 2.77. The Morgan fingerprint density at radius 2 is 2.06 bits per heavy atom. The minimum absolute atomic E-state index is 0.300. The molecule has 5 heteroatoms. The molecular formula is C11H12Cl2N2O. The van der Waals surface area contributed by atoms with Crippen molar-refractivity contribution in [2.24, 2.45) is 5.10 Å². The van der Waals surface area contributed by atoms with Crippen molar-refractivity contribution in [2.45, 2.75) is 20.3 Å². The molecule has 1 aromatic rings. The number of rotatable bonds is 3. The monoisotopic (exact) mass is 258 g/mol. The SMILES string of the molecule is CCC(C)=NNC(=O)c1ccc(Cl)c(Cl)c1. The zero-order valence-electron chi connectivity index (χ0n) is 9.05. The molecule has 0 unspecified atom stereocenters. The summed E-state index contributed by atoms with van der Waals surface area (Å²) in [5.41, 5.74) is 3.73. The molecule has 3 nitrogen and oxygen atoms in total. The number of halogens is 2. The lowest BCUT2D eigenvalue weighted by atomic mass is 10.2. The van der Waals surface area contributed by atoms with Crippen molar-refractivity contribution < 1.29 is 4.79 Å². The summed E-state index contributed by atoms with van der Waals surface area (Å²) < 4.78 is 0. The first kappa shape index (κ1) is 13.0. The lowest BCUT2D eigenvalue weighted by molar-refractivity contribution is 0.0954. The molecule has 0 aromatic heterocycles. The average molecular weight is 259 g/mol. The molecule has 1 aromatic carbocycles. The number of hydrazone groups is 1. The molecule has 0 saturated carbocycles. The number of carbonyl (C=O) groups excluding carboxylic acids is 1. The lowest BCUT2D eigenvalue weighted by Crippen LogP contribution is -2.18. The van der Waals surface area contributed by atoms with E-state index in [4.69, 9.17) is 23.2 Å². The van der Waals surface area contributed by atoms with E-state index in [1.165, 1.54) is 6.07 Å². The van der Waals surface area contributed by atoms with Crippen LogP contribution in [0.25, 0.3) is 0 Å². The third-order valence-electron chi connectivity index (χ3n) is 2.04. The minimum atomic E-state index is -0.300. The molecule has 0 atom stereocenters. The van der Waals surface area contributed by atoms with Crippen molar-refractivity contribution in [3.05, 3.63) is 33.8 Å². The molecule has 0 radical (unpaired) electrons. The van der Waals surface area contributed by atoms with Crippen LogP contribution in [-0.4, -0.2) is 11.6 Å². The van der Waals surface area contributed by atoms with E-state index in [2.05, 4.69) is 10.5 Å². The number of benzene rings is 1. The van der Waals surface area contributed by atoms with Crippen LogP contribution < -0.4 is 5.43 Å². The first-order valence-corrected chi connectivity index (χ1v) is 5.58. The number of hydrogen-bond acceptors (Lipinski definition) is 2. The summed E-state index contributed by atoms with van der Waals surface area (Å²) in [5.74, 6) is -0.300. The summed E-state index contributed by atoms with van der Waals surface area (Å²) in [5, 5.41) is 4.69. The highest BCUT2D eigenvalue weighted by atomic mass is 35.5. The van der Waals surface area contributed by atoms with Crippen LogP contribution in [-0.2, 0) is 0 Å². The van der Waals surface area contributed by atoms with Gasteiger partial charge >= 0.3 is 0 Å². The van der Waals surface area contributed by atoms with E-state index in [1.54, 1.807) is 12.1 Å². The molecule has 1 rings (SSSR count). The first-order chi connectivity index (χ1) is 7.54. The van der Waals surface area contributed by atoms with Gasteiger partial charge in [0.1, 0.15) is 0 Å². The molecule has 86 valence electrons. The number of carbonyl (C=O) groups is 1. The Bertz CT molecular complexity index is 430. The van der Waals surface area contributed by atoms with E-state index in [1.807, 2.05) is 13.8 Å². The molecule has 0 aliphatic carbocycles. The second-order valence-corrected chi connectivity index (χ2v) is 4.08. The van der Waals surface area contributed by atoms with Crippen LogP contribution in [0.5, 0.6) is 0 Å². The van der Waals surface area contributed by atoms with E-state index in [9.17, 15) is 4.79 Å². The fourth-order valence-corrected chi connectivity index (χ4v) is 1.23. The quantitative estimate of drug-likeness (QED) is 0.655. The van der Waals surface area contributed by atoms with Crippen molar-refractivity contribution >= 4 is 34.8 Å². The zero-order chi connectivity index (χ0) is 12.1. The van der Waals surface area contributed by atoms with Gasteiger partial charge in [-0.05, 0) is 31.5 Å². The van der Waals surface area contributed by atoms with Crippen molar-refractivity contribution in [2.75, 3.05) is 0 Å². The summed E-state index contributed by atoms with van der Waals surface area (Å²) in [6.07, 6.45) is 0.793. The second kappa shape index (κ2) is 5.87. The molecule has 0 aliphatic rings. The molecule has 1 N–H and O–H groups in total. The third-order valence-corrected chi connectivity index (χ3v) is 2.78. The van der Waals surface area contributed by atoms with Gasteiger partial charge in [0.15, 0.2) is 0 Å². The summed E-state index contributed by atoms with van der Waals surface area (Å²) in [6.45, 7) is 3.80. The predicted octanol–water partition coefficient (Wildman–Crippen LogP) is 3.51. The van der Waals surface area contributed by atoms with Crippen molar-refractivity contribution in [1.29, 1.82) is 0 Å². The highest BCUT2D eigenvalue weighted by Gasteiger charge is 2.06. The summed E-state index contributed by atoms with van der Waals surface area (Å²) in [6, 6.07) is 4.69. The first-order valence-electron chi connectivity index (χ1n) is 4.83. The van der Waals surface area contributed by atoms with Gasteiger partial charge in [-0.3, -0.25) is 4.79 Å². The van der Waals surface area contributed by atoms with Gasteiger partial charge in [0.2, 0.25) is 0 Å². The fourth-order valence-electron chi connectivity index (χ4n) is 0.927. The standard InChI is InChI=1S/C11H12Cl2N2O/c1-3-7(2)14-15-11(16)8-4-5-9(12)10(13)6-8/h4-6H,3H2,1-2H3,(H,15,16). The molecule has 0 fully saturated rings. The van der Waals surface area contributed by atoms with Crippen molar-refractivity contribution in [3.63, 3.8) is 0 Å². The number of nitrogens with zero attached hydrogens (tertiary/aromatic N) is 1. The van der Waals surface area contributed by atoms with Crippen LogP contribution in [0.3, 0.4) is 0 Å². The van der Waals surface area contributed by atoms with Crippen LogP contribution in [0, 0.1) is 0 Å². The fraction of sp³-hybridized carbons (Fsp3) is 0.273. The van der Waals surface area contributed by atoms with Gasteiger partial charge in [0.05, 0.1) is 10.0 Å². The topological polar surface area (TPSA) is 41.5 Å². The largest absolute Gasteiger partial charge is 0.271 e. The Morgan fingerprint density at radius 3 is 2.62 bits per heavy atom. The van der Waals surface area contributed by atoms with Gasteiger partial charge in [-0.1, -0.05) is 30.1 Å². The minimum Gasteiger partial charge on any atom is -0.267 e. The van der Waals surface area contributed by atoms with Gasteiger partial charge < -0.3 is 0 Å². The summed E-state index contributed by atoms with van der Waals surface area (Å²) in [4.78, 5) is 11.6. The molecule has 0 aliphatic heterocycles. The number of hydrogen-bond donors (Lipinski definition) is 1. The Labute approximate surface area is 104 Å². The highest BCUT2D eigenvalue weighted by Crippen LogP contribution is 2.22. The maximum atomic E-state index is 11.6. The molecule has 1 amide bonds. The van der Waals surface area contributed by atoms with E-state index in [0.717, 1.165) is 12.1 Å². The van der Waals surface area contributed by atoms with E-state index in [0.29, 0.717) is 15.6 Å². The third kappa shape index (κ3) is 3.51. The van der Waals surface area contributed by atoms with Gasteiger partial charge in [0.25, 0.3) is 5.91 Å². The zero-order valence-corrected chi connectivity index (χ0v) is 10.6. The highest BCUT2D eigenvalue weighted by molar-refractivity contribution is 6.42. The molecule has 0 spiro atoms. The van der Waals surface area contributed by atoms with Crippen LogP contribution in [0.2, 0.25) is 10.0 Å². The van der Waals surface area contributed by atoms with Gasteiger partial charge in [-0.15, -0.1) is 0 Å². The van der Waals surface area contributed by atoms with Gasteiger partial charge in [0, 0.05) is 11.3 Å².